The molecule has 1 aromatic carbocycles. The molecular formula is C15H14N4O8. The number of pyridine rings is 1. The molecule has 0 aliphatic rings. The Labute approximate surface area is 151 Å². The van der Waals surface area contributed by atoms with E-state index in [0.717, 1.165) is 5.69 Å². The fourth-order valence-electron chi connectivity index (χ4n) is 1.69. The highest BCUT2D eigenvalue weighted by atomic mass is 16.6. The minimum atomic E-state index is -1.21. The van der Waals surface area contributed by atoms with E-state index in [1.54, 1.807) is 25.3 Å². The Hall–Kier alpha value is -3.93. The van der Waals surface area contributed by atoms with Crippen molar-refractivity contribution in [1.29, 1.82) is 0 Å². The van der Waals surface area contributed by atoms with Crippen molar-refractivity contribution in [2.75, 3.05) is 0 Å². The summed E-state index contributed by atoms with van der Waals surface area (Å²) in [7, 11) is 0. The van der Waals surface area contributed by atoms with Gasteiger partial charge in [-0.3, -0.25) is 35.3 Å². The molecule has 12 nitrogen and oxygen atoms in total. The number of aromatic hydroxyl groups is 1. The summed E-state index contributed by atoms with van der Waals surface area (Å²) in [6.45, 7) is 1.71. The first-order valence-electron chi connectivity index (χ1n) is 7.21. The Morgan fingerprint density at radius 3 is 1.96 bits per heavy atom. The van der Waals surface area contributed by atoms with Crippen LogP contribution in [0.3, 0.4) is 0 Å². The summed E-state index contributed by atoms with van der Waals surface area (Å²) in [5, 5.41) is 49.1. The first-order chi connectivity index (χ1) is 12.6. The van der Waals surface area contributed by atoms with Gasteiger partial charge in [-0.25, -0.2) is 0 Å². The quantitative estimate of drug-likeness (QED) is 0.583. The number of nitro groups is 3. The van der Waals surface area contributed by atoms with Crippen molar-refractivity contribution >= 4 is 23.1 Å². The zero-order valence-corrected chi connectivity index (χ0v) is 13.8. The first kappa shape index (κ1) is 21.1. The maximum atomic E-state index is 10.4. The molecule has 1 unspecified atom stereocenters. The highest BCUT2D eigenvalue weighted by molar-refractivity contribution is 5.64. The number of aliphatic hydroxyl groups excluding tert-OH is 1. The van der Waals surface area contributed by atoms with Gasteiger partial charge in [0.25, 0.3) is 11.4 Å². The van der Waals surface area contributed by atoms with E-state index in [2.05, 4.69) is 4.98 Å². The molecule has 27 heavy (non-hydrogen) atoms. The molecule has 0 amide bonds. The Morgan fingerprint density at radius 1 is 1.04 bits per heavy atom. The molecule has 0 aliphatic carbocycles. The summed E-state index contributed by atoms with van der Waals surface area (Å²) in [5.74, 6) is -1.21. The Morgan fingerprint density at radius 2 is 1.59 bits per heavy atom. The van der Waals surface area contributed by atoms with E-state index in [0.29, 0.717) is 12.1 Å². The van der Waals surface area contributed by atoms with Gasteiger partial charge >= 0.3 is 11.4 Å². The summed E-state index contributed by atoms with van der Waals surface area (Å²) >= 11 is 0. The molecule has 12 heteroatoms. The van der Waals surface area contributed by atoms with Gasteiger partial charge in [-0.2, -0.15) is 0 Å². The molecular weight excluding hydrogens is 364 g/mol. The highest BCUT2D eigenvalue weighted by Gasteiger charge is 2.30. The van der Waals surface area contributed by atoms with Crippen LogP contribution in [-0.2, 0) is 0 Å². The number of hydrogen-bond donors (Lipinski definition) is 2. The number of benzene rings is 1. The summed E-state index contributed by atoms with van der Waals surface area (Å²) < 4.78 is 0. The van der Waals surface area contributed by atoms with Crippen molar-refractivity contribution in [2.45, 2.75) is 13.0 Å². The summed E-state index contributed by atoms with van der Waals surface area (Å²) in [4.78, 5) is 31.8. The molecule has 0 bridgehead atoms. The van der Waals surface area contributed by atoms with E-state index in [9.17, 15) is 30.3 Å². The van der Waals surface area contributed by atoms with Crippen LogP contribution in [0, 0.1) is 30.3 Å². The van der Waals surface area contributed by atoms with Gasteiger partial charge in [-0.05, 0) is 25.1 Å². The highest BCUT2D eigenvalue weighted by Crippen LogP contribution is 2.38. The van der Waals surface area contributed by atoms with E-state index in [-0.39, 0.29) is 0 Å². The Kier molecular flexibility index (Phi) is 7.45. The lowest BCUT2D eigenvalue weighted by Gasteiger charge is -1.97. The Balaban J connectivity index is 0.000000289. The molecule has 1 atom stereocenters. The molecule has 2 aromatic rings. The zero-order chi connectivity index (χ0) is 20.6. The van der Waals surface area contributed by atoms with Crippen molar-refractivity contribution in [3.63, 3.8) is 0 Å². The molecule has 1 heterocycles. The molecule has 0 spiro atoms. The molecule has 2 rings (SSSR count). The van der Waals surface area contributed by atoms with Crippen LogP contribution in [0.15, 0.2) is 42.6 Å². The third-order valence-corrected chi connectivity index (χ3v) is 2.89. The van der Waals surface area contributed by atoms with Gasteiger partial charge in [0.05, 0.1) is 38.7 Å². The Bertz CT molecular complexity index is 832. The monoisotopic (exact) mass is 378 g/mol. The number of hydrogen-bond acceptors (Lipinski definition) is 9. The summed E-state index contributed by atoms with van der Waals surface area (Å²) in [6.07, 6.45) is 4.81. The molecule has 0 saturated heterocycles. The predicted octanol–water partition coefficient (Wildman–Crippen LogP) is 2.59. The topological polar surface area (TPSA) is 183 Å². The van der Waals surface area contributed by atoms with Crippen LogP contribution in [0.4, 0.5) is 17.1 Å². The van der Waals surface area contributed by atoms with Crippen LogP contribution in [0.1, 0.15) is 12.6 Å². The third-order valence-electron chi connectivity index (χ3n) is 2.89. The van der Waals surface area contributed by atoms with Gasteiger partial charge in [-0.15, -0.1) is 0 Å². The van der Waals surface area contributed by atoms with E-state index in [1.165, 1.54) is 0 Å². The second kappa shape index (κ2) is 9.53. The molecule has 142 valence electrons. The van der Waals surface area contributed by atoms with E-state index < -0.39 is 43.7 Å². The molecule has 1 aromatic heterocycles. The number of phenolic OH excluding ortho intramolecular Hbond substituents is 1. The van der Waals surface area contributed by atoms with Gasteiger partial charge in [-0.1, -0.05) is 12.1 Å². The fraction of sp³-hybridized carbons (Fsp3) is 0.133. The number of rotatable bonds is 5. The predicted molar refractivity (Wildman–Crippen MR) is 93.0 cm³/mol. The van der Waals surface area contributed by atoms with Crippen LogP contribution >= 0.6 is 0 Å². The van der Waals surface area contributed by atoms with E-state index in [1.807, 2.05) is 18.2 Å². The number of aromatic nitrogens is 1. The first-order valence-corrected chi connectivity index (χ1v) is 7.21. The maximum Gasteiger partial charge on any atom is 0.324 e. The molecule has 0 radical (unpaired) electrons. The fourth-order valence-corrected chi connectivity index (χ4v) is 1.69. The summed E-state index contributed by atoms with van der Waals surface area (Å²) in [6, 6.07) is 6.55. The number of nitro benzene ring substituents is 3. The standard InChI is InChI=1S/C9H11NO.C6H3N3O7/c1-8(11)5-6-9-4-2-3-7-10-9;10-6-4(8(13)14)1-3(7(11)12)2-5(6)9(15)16/h2-8,11H,1H3;1-2,10H/b6-5+;. The second-order valence-corrected chi connectivity index (χ2v) is 4.96. The zero-order valence-electron chi connectivity index (χ0n) is 13.8. The van der Waals surface area contributed by atoms with Crippen molar-refractivity contribution in [1.82, 2.24) is 4.98 Å². The van der Waals surface area contributed by atoms with Crippen LogP contribution < -0.4 is 0 Å². The molecule has 0 aliphatic heterocycles. The lowest BCUT2D eigenvalue weighted by Crippen LogP contribution is -1.97. The number of aliphatic hydroxyl groups is 1. The van der Waals surface area contributed by atoms with Crippen molar-refractivity contribution in [3.05, 3.63) is 78.6 Å². The van der Waals surface area contributed by atoms with Gasteiger partial charge < -0.3 is 10.2 Å². The van der Waals surface area contributed by atoms with Crippen molar-refractivity contribution in [2.24, 2.45) is 0 Å². The average molecular weight is 378 g/mol. The lowest BCUT2D eigenvalue weighted by molar-refractivity contribution is -0.404. The van der Waals surface area contributed by atoms with Gasteiger partial charge in [0.1, 0.15) is 0 Å². The van der Waals surface area contributed by atoms with Crippen molar-refractivity contribution < 1.29 is 25.0 Å². The second-order valence-electron chi connectivity index (χ2n) is 4.96. The van der Waals surface area contributed by atoms with Crippen molar-refractivity contribution in [3.8, 4) is 5.75 Å². The van der Waals surface area contributed by atoms with E-state index in [4.69, 9.17) is 10.2 Å². The van der Waals surface area contributed by atoms with Crippen LogP contribution in [0.25, 0.3) is 6.08 Å². The third kappa shape index (κ3) is 6.47. The largest absolute Gasteiger partial charge is 0.497 e. The van der Waals surface area contributed by atoms with E-state index >= 15 is 0 Å². The minimum Gasteiger partial charge on any atom is -0.497 e. The average Bonchev–Trinajstić information content (AvgIpc) is 2.60. The summed E-state index contributed by atoms with van der Waals surface area (Å²) in [5.41, 5.74) is -2.13. The molecule has 2 N–H and O–H groups in total. The smallest absolute Gasteiger partial charge is 0.324 e. The SMILES string of the molecule is CC(O)/C=C/c1ccccn1.O=[N+]([O-])c1cc([N+](=O)[O-])c(O)c([N+](=O)[O-])c1. The molecule has 0 saturated carbocycles. The number of nitrogens with zero attached hydrogens (tertiary/aromatic N) is 4. The van der Waals surface area contributed by atoms with Crippen LogP contribution in [0.5, 0.6) is 5.75 Å². The number of non-ortho nitro benzene ring substituents is 1. The normalized spacial score (nSPS) is 11.3. The molecule has 0 fully saturated rings. The van der Waals surface area contributed by atoms with Gasteiger partial charge in [0, 0.05) is 6.20 Å². The van der Waals surface area contributed by atoms with Gasteiger partial charge in [0.15, 0.2) is 0 Å². The van der Waals surface area contributed by atoms with Crippen LogP contribution in [0.2, 0.25) is 0 Å². The minimum absolute atomic E-state index is 0.406. The maximum absolute atomic E-state index is 10.4. The number of phenols is 1. The van der Waals surface area contributed by atoms with Crippen LogP contribution in [-0.4, -0.2) is 36.1 Å². The lowest BCUT2D eigenvalue weighted by atomic mass is 10.2. The van der Waals surface area contributed by atoms with Gasteiger partial charge in [0.2, 0.25) is 0 Å².